The normalized spacial score (nSPS) is 11.3. The average molecular weight is 545 g/mol. The van der Waals surface area contributed by atoms with Crippen molar-refractivity contribution in [3.8, 4) is 33.6 Å². The van der Waals surface area contributed by atoms with Crippen LogP contribution in [-0.2, 0) is 18.6 Å². The largest absolute Gasteiger partial charge is 1.00 e. The Hall–Kier alpha value is -3.63. The van der Waals surface area contributed by atoms with Crippen LogP contribution in [0.4, 0.5) is 0 Å². The predicted molar refractivity (Wildman–Crippen MR) is 145 cm³/mol. The molecule has 0 aliphatic rings. The fraction of sp³-hybridized carbons (Fsp3) is 0.233. The van der Waals surface area contributed by atoms with Crippen LogP contribution in [0.1, 0.15) is 54.8 Å². The van der Waals surface area contributed by atoms with Crippen LogP contribution in [0.25, 0.3) is 33.6 Å². The van der Waals surface area contributed by atoms with Crippen molar-refractivity contribution in [2.45, 2.75) is 45.8 Å². The van der Waals surface area contributed by atoms with Gasteiger partial charge in [-0.25, -0.2) is 4.98 Å². The molecule has 0 radical (unpaired) electrons. The van der Waals surface area contributed by atoms with Gasteiger partial charge in [0.1, 0.15) is 11.4 Å². The number of imidazole rings is 1. The van der Waals surface area contributed by atoms with Gasteiger partial charge in [-0.05, 0) is 65.4 Å². The summed E-state index contributed by atoms with van der Waals surface area (Å²) in [5.74, 6) is -0.261. The van der Waals surface area contributed by atoms with Crippen LogP contribution in [0, 0.1) is 0 Å². The zero-order valence-corrected chi connectivity index (χ0v) is 25.0. The third-order valence-corrected chi connectivity index (χ3v) is 6.61. The molecule has 0 fully saturated rings. The Labute approximate surface area is 254 Å². The maximum atomic E-state index is 12.1. The first kappa shape index (κ1) is 29.4. The summed E-state index contributed by atoms with van der Waals surface area (Å²) in [6.07, 6.45) is 1.36. The molecule has 10 heteroatoms. The van der Waals surface area contributed by atoms with E-state index >= 15 is 0 Å². The number of benzene rings is 3. The molecule has 0 spiro atoms. The van der Waals surface area contributed by atoms with Gasteiger partial charge >= 0.3 is 29.6 Å². The van der Waals surface area contributed by atoms with Crippen molar-refractivity contribution in [2.24, 2.45) is 0 Å². The molecule has 0 unspecified atom stereocenters. The number of aliphatic hydroxyl groups is 1. The third kappa shape index (κ3) is 6.08. The van der Waals surface area contributed by atoms with Gasteiger partial charge in [0.15, 0.2) is 0 Å². The maximum Gasteiger partial charge on any atom is 1.00 e. The maximum absolute atomic E-state index is 12.1. The third-order valence-electron chi connectivity index (χ3n) is 6.61. The molecule has 0 bridgehead atoms. The molecule has 0 aliphatic carbocycles. The Bertz CT molecular complexity index is 1590. The summed E-state index contributed by atoms with van der Waals surface area (Å²) >= 11 is 0. The van der Waals surface area contributed by atoms with Crippen LogP contribution >= 0.6 is 0 Å². The number of nitrogens with zero attached hydrogens (tertiary/aromatic N) is 5. The molecule has 2 N–H and O–H groups in total. The Morgan fingerprint density at radius 3 is 2.27 bits per heavy atom. The number of aryl methyl sites for hydroxylation is 1. The van der Waals surface area contributed by atoms with Crippen LogP contribution in [0.2, 0.25) is 0 Å². The molecule has 0 amide bonds. The van der Waals surface area contributed by atoms with Crippen LogP contribution in [0.15, 0.2) is 72.8 Å². The van der Waals surface area contributed by atoms with E-state index in [-0.39, 0.29) is 47.5 Å². The molecule has 0 saturated heterocycles. The summed E-state index contributed by atoms with van der Waals surface area (Å²) in [5, 5.41) is 37.3. The van der Waals surface area contributed by atoms with E-state index in [4.69, 9.17) is 0 Å². The number of carbonyl (C=O) groups excluding carboxylic acids is 1. The van der Waals surface area contributed by atoms with Crippen molar-refractivity contribution in [1.29, 1.82) is 0 Å². The number of aromatic carboxylic acids is 1. The average Bonchev–Trinajstić information content (AvgIpc) is 3.59. The smallest absolute Gasteiger partial charge is 0.543 e. The summed E-state index contributed by atoms with van der Waals surface area (Å²) in [6.45, 7) is 5.34. The quantitative estimate of drug-likeness (QED) is 0.265. The number of hydrogen-bond acceptors (Lipinski definition) is 7. The molecule has 2 heterocycles. The number of carboxylic acid groups (broad SMARTS) is 1. The van der Waals surface area contributed by atoms with Crippen molar-refractivity contribution in [1.82, 2.24) is 30.2 Å². The Morgan fingerprint density at radius 1 is 0.975 bits per heavy atom. The summed E-state index contributed by atoms with van der Waals surface area (Å²) in [5.41, 5.74) is 4.38. The van der Waals surface area contributed by atoms with E-state index in [9.17, 15) is 15.0 Å². The van der Waals surface area contributed by atoms with Gasteiger partial charge in [0.2, 0.25) is 5.82 Å². The minimum atomic E-state index is -1.41. The Balaban J connectivity index is 0.00000370. The van der Waals surface area contributed by atoms with Gasteiger partial charge in [0.25, 0.3) is 0 Å². The van der Waals surface area contributed by atoms with E-state index in [1.54, 1.807) is 4.57 Å². The van der Waals surface area contributed by atoms with Crippen molar-refractivity contribution in [3.05, 3.63) is 95.6 Å². The van der Waals surface area contributed by atoms with Gasteiger partial charge in [-0.3, -0.25) is 0 Å². The number of carboxylic acids is 1. The number of hydrogen-bond donors (Lipinski definition) is 2. The van der Waals surface area contributed by atoms with Crippen molar-refractivity contribution >= 4 is 5.97 Å². The molecular weight excluding hydrogens is 515 g/mol. The minimum absolute atomic E-state index is 0. The molecule has 0 aliphatic heterocycles. The van der Waals surface area contributed by atoms with Gasteiger partial charge < -0.3 is 19.6 Å². The molecule has 40 heavy (non-hydrogen) atoms. The van der Waals surface area contributed by atoms with E-state index < -0.39 is 11.6 Å². The van der Waals surface area contributed by atoms with E-state index in [0.29, 0.717) is 18.1 Å². The van der Waals surface area contributed by atoms with E-state index in [0.717, 1.165) is 39.8 Å². The Morgan fingerprint density at radius 2 is 1.68 bits per heavy atom. The monoisotopic (exact) mass is 544 g/mol. The minimum Gasteiger partial charge on any atom is -0.543 e. The molecule has 9 nitrogen and oxygen atoms in total. The van der Waals surface area contributed by atoms with E-state index in [1.807, 2.05) is 61.5 Å². The molecule has 3 aromatic carbocycles. The standard InChI is InChI=1S/C30H30N6O3.Na/c1-4-8-25-31-27(30(2,3)39)26(29(37)38)36(25)18-19-11-13-21(14-12-19)24-17-22(20-9-6-5-7-10-20)15-16-23(24)28-32-34-35-33-28;/h5-7,9-17,39H,4,8,18H2,1-3H3,(H,37,38)(H,32,33,34,35);/q;+1/p-1. The second kappa shape index (κ2) is 12.3. The zero-order valence-electron chi connectivity index (χ0n) is 23.0. The van der Waals surface area contributed by atoms with Gasteiger partial charge in [-0.15, -0.1) is 10.2 Å². The van der Waals surface area contributed by atoms with Gasteiger partial charge in [-0.2, -0.15) is 5.21 Å². The second-order valence-corrected chi connectivity index (χ2v) is 9.97. The first-order valence-electron chi connectivity index (χ1n) is 12.8. The fourth-order valence-electron chi connectivity index (χ4n) is 4.75. The molecule has 5 aromatic rings. The Kier molecular flexibility index (Phi) is 9.00. The molecule has 198 valence electrons. The van der Waals surface area contributed by atoms with Crippen LogP contribution < -0.4 is 34.7 Å². The molecule has 0 atom stereocenters. The summed E-state index contributed by atoms with van der Waals surface area (Å²) in [4.78, 5) is 16.6. The van der Waals surface area contributed by atoms with Gasteiger partial charge in [0, 0.05) is 18.5 Å². The number of aromatic nitrogens is 6. The van der Waals surface area contributed by atoms with Crippen LogP contribution in [0.3, 0.4) is 0 Å². The van der Waals surface area contributed by atoms with Crippen molar-refractivity contribution in [3.63, 3.8) is 0 Å². The first-order valence-corrected chi connectivity index (χ1v) is 12.8. The number of H-pyrrole nitrogens is 1. The topological polar surface area (TPSA) is 133 Å². The SMILES string of the molecule is CCCc1nc(C(C)(C)O)c(C(=O)[O-])n1Cc1ccc(-c2cc(-c3ccccc3)ccc2-c2nn[nH]n2)cc1.[Na+]. The number of aromatic amines is 1. The van der Waals surface area contributed by atoms with Crippen LogP contribution in [0.5, 0.6) is 0 Å². The number of rotatable bonds is 9. The first-order chi connectivity index (χ1) is 18.8. The molecule has 2 aromatic heterocycles. The van der Waals surface area contributed by atoms with Gasteiger partial charge in [0.05, 0.1) is 17.4 Å². The number of tetrazole rings is 1. The summed E-state index contributed by atoms with van der Waals surface area (Å²) < 4.78 is 1.64. The fourth-order valence-corrected chi connectivity index (χ4v) is 4.75. The summed E-state index contributed by atoms with van der Waals surface area (Å²) in [6, 6.07) is 24.2. The van der Waals surface area contributed by atoms with E-state index in [2.05, 4.69) is 43.8 Å². The number of nitrogens with one attached hydrogen (secondary N) is 1. The predicted octanol–water partition coefficient (Wildman–Crippen LogP) is 0.993. The summed E-state index contributed by atoms with van der Waals surface area (Å²) in [7, 11) is 0. The number of carbonyl (C=O) groups is 1. The molecular formula is C30H29N6NaO3. The van der Waals surface area contributed by atoms with Crippen molar-refractivity contribution < 1.29 is 44.6 Å². The zero-order chi connectivity index (χ0) is 27.6. The van der Waals surface area contributed by atoms with Crippen LogP contribution in [-0.4, -0.2) is 41.3 Å². The van der Waals surface area contributed by atoms with Gasteiger partial charge in [-0.1, -0.05) is 67.6 Å². The molecule has 0 saturated carbocycles. The molecule has 5 rings (SSSR count). The second-order valence-electron chi connectivity index (χ2n) is 9.97. The van der Waals surface area contributed by atoms with Crippen molar-refractivity contribution in [2.75, 3.05) is 0 Å². The van der Waals surface area contributed by atoms with E-state index in [1.165, 1.54) is 13.8 Å².